The molecule has 0 aliphatic carbocycles. The van der Waals surface area contributed by atoms with Gasteiger partial charge in [0.25, 0.3) is 11.8 Å². The molecule has 0 bridgehead atoms. The van der Waals surface area contributed by atoms with Crippen LogP contribution in [0.1, 0.15) is 5.69 Å². The van der Waals surface area contributed by atoms with Gasteiger partial charge < -0.3 is 32.5 Å². The van der Waals surface area contributed by atoms with Gasteiger partial charge >= 0.3 is 5.97 Å². The fraction of sp³-hybridized carbons (Fsp3) is 0.278. The van der Waals surface area contributed by atoms with E-state index in [1.54, 1.807) is 6.07 Å². The Balaban J connectivity index is 1.46. The van der Waals surface area contributed by atoms with Crippen molar-refractivity contribution in [3.63, 3.8) is 0 Å². The second-order valence-electron chi connectivity index (χ2n) is 7.13. The van der Waals surface area contributed by atoms with Crippen LogP contribution in [-0.2, 0) is 19.2 Å². The van der Waals surface area contributed by atoms with Crippen LogP contribution in [-0.4, -0.2) is 77.8 Å². The Morgan fingerprint density at radius 1 is 1.32 bits per heavy atom. The smallest absolute Gasteiger partial charge is 0.353 e. The number of hydrogen-bond acceptors (Lipinski definition) is 15. The lowest BCUT2D eigenvalue weighted by Crippen LogP contribution is -2.71. The van der Waals surface area contributed by atoms with Gasteiger partial charge in [0.05, 0.1) is 0 Å². The molecule has 0 saturated carbocycles. The van der Waals surface area contributed by atoms with E-state index in [-0.39, 0.29) is 38.3 Å². The number of β-lactam (4-membered cyclic amide) rings is 1. The van der Waals surface area contributed by atoms with Crippen molar-refractivity contribution in [3.05, 3.63) is 26.7 Å². The first kappa shape index (κ1) is 27.1. The molecule has 1 saturated heterocycles. The molecular formula is C18H18ClN9O5S4. The Labute approximate surface area is 230 Å². The van der Waals surface area contributed by atoms with E-state index in [4.69, 9.17) is 33.6 Å². The van der Waals surface area contributed by atoms with Crippen molar-refractivity contribution in [2.45, 2.75) is 16.4 Å². The maximum atomic E-state index is 13.0. The van der Waals surface area contributed by atoms with Gasteiger partial charge in [-0.2, -0.15) is 4.98 Å². The quantitative estimate of drug-likeness (QED) is 0.0669. The number of nitrogens with zero attached hydrogens (tertiary/aromatic N) is 5. The highest BCUT2D eigenvalue weighted by Crippen LogP contribution is 2.44. The molecule has 37 heavy (non-hydrogen) atoms. The predicted molar refractivity (Wildman–Crippen MR) is 144 cm³/mol. The number of carbonyl (C=O) groups excluding carboxylic acids is 2. The number of aliphatic carboxylic acids is 1. The average Bonchev–Trinajstić information content (AvgIpc) is 3.16. The SMILES string of the molecule is CON=C(C(=O)NC1C(=O)N2C(C(=O)O)=C(SCSc3cc(N)nc(N)n3)CSC12)c1nc(N)sc1Cl. The second kappa shape index (κ2) is 11.2. The summed E-state index contributed by atoms with van der Waals surface area (Å²) in [5, 5.41) is 16.5. The molecule has 2 aliphatic rings. The molecule has 2 aliphatic heterocycles. The number of oxime groups is 1. The lowest BCUT2D eigenvalue weighted by Gasteiger charge is -2.49. The van der Waals surface area contributed by atoms with Crippen LogP contribution in [0.5, 0.6) is 0 Å². The first-order valence-electron chi connectivity index (χ1n) is 10.0. The molecule has 19 heteroatoms. The summed E-state index contributed by atoms with van der Waals surface area (Å²) in [5.41, 5.74) is 16.5. The predicted octanol–water partition coefficient (Wildman–Crippen LogP) is 0.863. The molecule has 2 unspecified atom stereocenters. The fourth-order valence-corrected chi connectivity index (χ4v) is 7.99. The molecule has 2 aromatic heterocycles. The molecule has 196 valence electrons. The summed E-state index contributed by atoms with van der Waals surface area (Å²) in [4.78, 5) is 56.2. The van der Waals surface area contributed by atoms with Crippen LogP contribution in [0.2, 0.25) is 4.34 Å². The molecule has 8 N–H and O–H groups in total. The van der Waals surface area contributed by atoms with Crippen molar-refractivity contribution < 1.29 is 24.3 Å². The number of anilines is 3. The highest BCUT2D eigenvalue weighted by atomic mass is 35.5. The van der Waals surface area contributed by atoms with Gasteiger partial charge in [-0.25, -0.2) is 14.8 Å². The summed E-state index contributed by atoms with van der Waals surface area (Å²) in [7, 11) is 1.24. The second-order valence-corrected chi connectivity index (χ2v) is 12.3. The van der Waals surface area contributed by atoms with E-state index < -0.39 is 29.2 Å². The molecule has 0 radical (unpaired) electrons. The number of nitrogens with one attached hydrogen (secondary N) is 1. The van der Waals surface area contributed by atoms with Gasteiger partial charge in [-0.15, -0.1) is 23.5 Å². The molecule has 0 aromatic carbocycles. The summed E-state index contributed by atoms with van der Waals surface area (Å²) in [6.45, 7) is 0. The van der Waals surface area contributed by atoms with Gasteiger partial charge in [-0.05, 0) is 0 Å². The van der Waals surface area contributed by atoms with Crippen LogP contribution in [0.25, 0.3) is 0 Å². The molecule has 14 nitrogen and oxygen atoms in total. The number of amides is 2. The fourth-order valence-electron chi connectivity index (χ4n) is 3.35. The number of carbonyl (C=O) groups is 3. The van der Waals surface area contributed by atoms with E-state index in [1.165, 1.54) is 42.4 Å². The maximum absolute atomic E-state index is 13.0. The number of carboxylic acid groups (broad SMARTS) is 1. The Hall–Kier alpha value is -2.93. The zero-order chi connectivity index (χ0) is 26.9. The minimum absolute atomic E-state index is 0.0120. The normalized spacial score (nSPS) is 19.4. The topological polar surface area (TPSA) is 225 Å². The number of fused-ring (bicyclic) bond motifs is 1. The molecule has 1 fully saturated rings. The van der Waals surface area contributed by atoms with Gasteiger partial charge in [0.2, 0.25) is 5.95 Å². The molecule has 0 spiro atoms. The minimum atomic E-state index is -1.25. The third kappa shape index (κ3) is 5.66. The summed E-state index contributed by atoms with van der Waals surface area (Å²) < 4.78 is 0.125. The highest BCUT2D eigenvalue weighted by molar-refractivity contribution is 8.18. The first-order valence-corrected chi connectivity index (χ1v) is 14.2. The molecule has 2 aromatic rings. The van der Waals surface area contributed by atoms with Crippen molar-refractivity contribution in [2.24, 2.45) is 5.16 Å². The van der Waals surface area contributed by atoms with Gasteiger partial charge in [-0.3, -0.25) is 14.5 Å². The Morgan fingerprint density at radius 3 is 2.70 bits per heavy atom. The van der Waals surface area contributed by atoms with Crippen molar-refractivity contribution in [2.75, 3.05) is 35.1 Å². The third-order valence-electron chi connectivity index (χ3n) is 4.83. The van der Waals surface area contributed by atoms with Crippen molar-refractivity contribution in [1.29, 1.82) is 0 Å². The largest absolute Gasteiger partial charge is 0.477 e. The number of halogens is 1. The lowest BCUT2D eigenvalue weighted by molar-refractivity contribution is -0.150. The summed E-state index contributed by atoms with van der Waals surface area (Å²) in [5.74, 6) is -2.03. The number of hydrogen-bond donors (Lipinski definition) is 5. The number of thioether (sulfide) groups is 3. The van der Waals surface area contributed by atoms with Gasteiger partial charge in [-0.1, -0.05) is 39.9 Å². The first-order chi connectivity index (χ1) is 17.6. The summed E-state index contributed by atoms with van der Waals surface area (Å²) in [6, 6.07) is 0.566. The van der Waals surface area contributed by atoms with E-state index >= 15 is 0 Å². The Kier molecular flexibility index (Phi) is 8.22. The number of aromatic nitrogens is 3. The van der Waals surface area contributed by atoms with Crippen molar-refractivity contribution in [1.82, 2.24) is 25.2 Å². The van der Waals surface area contributed by atoms with Gasteiger partial charge in [0, 0.05) is 21.8 Å². The molecule has 4 heterocycles. The number of carboxylic acids is 1. The van der Waals surface area contributed by atoms with Gasteiger partial charge in [0.1, 0.15) is 45.1 Å². The Morgan fingerprint density at radius 2 is 2.08 bits per heavy atom. The van der Waals surface area contributed by atoms with Crippen LogP contribution in [0.15, 0.2) is 26.9 Å². The van der Waals surface area contributed by atoms with Gasteiger partial charge in [0.15, 0.2) is 10.8 Å². The zero-order valence-corrected chi connectivity index (χ0v) is 22.7. The molecule has 2 amide bonds. The van der Waals surface area contributed by atoms with Crippen LogP contribution in [0.3, 0.4) is 0 Å². The van der Waals surface area contributed by atoms with E-state index in [2.05, 4.69) is 25.4 Å². The number of rotatable bonds is 9. The average molecular weight is 604 g/mol. The molecule has 2 atom stereocenters. The molecular weight excluding hydrogens is 586 g/mol. The molecule has 4 rings (SSSR count). The monoisotopic (exact) mass is 603 g/mol. The maximum Gasteiger partial charge on any atom is 0.353 e. The summed E-state index contributed by atoms with van der Waals surface area (Å²) in [6.07, 6.45) is 0. The van der Waals surface area contributed by atoms with Crippen LogP contribution in [0, 0.1) is 0 Å². The standard InChI is InChI=1S/C18H18ClN9O5S4/c1-33-27-9(8-12(19)37-18(22)26-8)13(29)25-10-14(30)28-11(16(31)32)5(3-34-15(10)28)35-4-36-7-2-6(20)23-17(21)24-7/h2,10,15H,3-4H2,1H3,(H2,22,26)(H,25,29)(H,31,32)(H4,20,21,23,24). The van der Waals surface area contributed by atoms with Crippen LogP contribution >= 0.6 is 58.2 Å². The van der Waals surface area contributed by atoms with E-state index in [0.29, 0.717) is 20.8 Å². The minimum Gasteiger partial charge on any atom is -0.477 e. The highest BCUT2D eigenvalue weighted by Gasteiger charge is 2.54. The van der Waals surface area contributed by atoms with E-state index in [0.717, 1.165) is 16.2 Å². The van der Waals surface area contributed by atoms with Crippen LogP contribution < -0.4 is 22.5 Å². The Bertz CT molecular complexity index is 1320. The number of nitrogens with two attached hydrogens (primary N) is 3. The summed E-state index contributed by atoms with van der Waals surface area (Å²) >= 11 is 10.9. The van der Waals surface area contributed by atoms with E-state index in [9.17, 15) is 19.5 Å². The van der Waals surface area contributed by atoms with E-state index in [1.807, 2.05) is 0 Å². The number of nitrogen functional groups attached to an aromatic ring is 3. The van der Waals surface area contributed by atoms with Crippen LogP contribution in [0.4, 0.5) is 16.9 Å². The number of thiazole rings is 1. The van der Waals surface area contributed by atoms with Crippen molar-refractivity contribution >= 4 is 98.6 Å². The third-order valence-corrected chi connectivity index (χ3v) is 9.51. The zero-order valence-electron chi connectivity index (χ0n) is 18.7. The van der Waals surface area contributed by atoms with Crippen molar-refractivity contribution in [3.8, 4) is 0 Å². The lowest BCUT2D eigenvalue weighted by atomic mass is 10.0.